The summed E-state index contributed by atoms with van der Waals surface area (Å²) >= 11 is 0. The summed E-state index contributed by atoms with van der Waals surface area (Å²) in [6, 6.07) is 12.9. The first-order chi connectivity index (χ1) is 14.5. The molecular weight excluding hydrogens is 380 g/mol. The summed E-state index contributed by atoms with van der Waals surface area (Å²) in [5.41, 5.74) is 2.96. The third-order valence-electron chi connectivity index (χ3n) is 4.63. The number of carbonyl (C=O) groups is 2. The molecule has 6 nitrogen and oxygen atoms in total. The van der Waals surface area contributed by atoms with E-state index in [1.807, 2.05) is 45.0 Å². The number of benzene rings is 2. The van der Waals surface area contributed by atoms with E-state index in [0.29, 0.717) is 41.5 Å². The van der Waals surface area contributed by atoms with Crippen molar-refractivity contribution in [1.29, 1.82) is 0 Å². The molecule has 3 rings (SSSR count). The lowest BCUT2D eigenvalue weighted by Crippen LogP contribution is -2.32. The summed E-state index contributed by atoms with van der Waals surface area (Å²) in [6.45, 7) is 10.6. The Labute approximate surface area is 176 Å². The van der Waals surface area contributed by atoms with Crippen molar-refractivity contribution in [2.45, 2.75) is 20.8 Å². The predicted octanol–water partition coefficient (Wildman–Crippen LogP) is 4.17. The lowest BCUT2D eigenvalue weighted by atomic mass is 10.0. The zero-order valence-electron chi connectivity index (χ0n) is 17.5. The number of rotatable bonds is 9. The minimum absolute atomic E-state index is 0.145. The lowest BCUT2D eigenvalue weighted by Gasteiger charge is -2.15. The molecule has 0 saturated heterocycles. The number of hydrogen-bond acceptors (Lipinski definition) is 5. The van der Waals surface area contributed by atoms with E-state index in [1.165, 1.54) is 11.0 Å². The molecule has 0 bridgehead atoms. The average molecular weight is 406 g/mol. The summed E-state index contributed by atoms with van der Waals surface area (Å²) in [5, 5.41) is 3.14. The van der Waals surface area contributed by atoms with Gasteiger partial charge < -0.3 is 14.8 Å². The minimum Gasteiger partial charge on any atom is -0.490 e. The molecule has 0 aromatic heterocycles. The number of aryl methyl sites for hydroxylation is 1. The van der Waals surface area contributed by atoms with E-state index < -0.39 is 0 Å². The molecule has 1 N–H and O–H groups in total. The Morgan fingerprint density at radius 3 is 2.27 bits per heavy atom. The highest BCUT2D eigenvalue weighted by molar-refractivity contribution is 6.36. The van der Waals surface area contributed by atoms with Gasteiger partial charge in [0.1, 0.15) is 5.70 Å². The van der Waals surface area contributed by atoms with E-state index in [9.17, 15) is 9.59 Å². The van der Waals surface area contributed by atoms with Gasteiger partial charge in [-0.15, -0.1) is 6.58 Å². The fourth-order valence-corrected chi connectivity index (χ4v) is 3.25. The third kappa shape index (κ3) is 4.22. The Hall–Kier alpha value is -3.54. The molecule has 0 aliphatic carbocycles. The molecule has 0 atom stereocenters. The van der Waals surface area contributed by atoms with Crippen molar-refractivity contribution in [2.24, 2.45) is 0 Å². The van der Waals surface area contributed by atoms with Crippen LogP contribution >= 0.6 is 0 Å². The van der Waals surface area contributed by atoms with Crippen LogP contribution in [0.3, 0.4) is 0 Å². The Kier molecular flexibility index (Phi) is 6.57. The summed E-state index contributed by atoms with van der Waals surface area (Å²) < 4.78 is 11.3. The van der Waals surface area contributed by atoms with Crippen LogP contribution in [0.25, 0.3) is 5.57 Å². The number of ether oxygens (including phenoxy) is 2. The molecule has 0 fully saturated rings. The number of hydrogen-bond donors (Lipinski definition) is 1. The lowest BCUT2D eigenvalue weighted by molar-refractivity contribution is -0.136. The maximum absolute atomic E-state index is 13.0. The van der Waals surface area contributed by atoms with Crippen LogP contribution < -0.4 is 14.8 Å². The summed E-state index contributed by atoms with van der Waals surface area (Å²) in [5.74, 6) is 0.464. The highest BCUT2D eigenvalue weighted by Crippen LogP contribution is 2.34. The van der Waals surface area contributed by atoms with Gasteiger partial charge >= 0.3 is 0 Å². The molecule has 2 aromatic rings. The number of nitrogens with zero attached hydrogens (tertiary/aromatic N) is 1. The standard InChI is InChI=1S/C24H26N2O4/c1-5-14-26-23(27)21(17-10-8-16(4)9-11-17)22(24(26)28)25-18-12-13-19(29-6-2)20(15-18)30-7-3/h5,8-13,15,25H,1,6-7,14H2,2-4H3. The summed E-state index contributed by atoms with van der Waals surface area (Å²) in [6.07, 6.45) is 1.54. The van der Waals surface area contributed by atoms with Gasteiger partial charge in [-0.1, -0.05) is 35.9 Å². The van der Waals surface area contributed by atoms with Gasteiger partial charge in [-0.2, -0.15) is 0 Å². The zero-order valence-corrected chi connectivity index (χ0v) is 17.5. The molecule has 30 heavy (non-hydrogen) atoms. The van der Waals surface area contributed by atoms with Crippen LogP contribution in [0.4, 0.5) is 5.69 Å². The number of amides is 2. The van der Waals surface area contributed by atoms with Crippen LogP contribution in [0.1, 0.15) is 25.0 Å². The van der Waals surface area contributed by atoms with Gasteiger partial charge in [0.2, 0.25) is 0 Å². The second-order valence-electron chi connectivity index (χ2n) is 6.78. The predicted molar refractivity (Wildman–Crippen MR) is 117 cm³/mol. The molecule has 2 aromatic carbocycles. The van der Waals surface area contributed by atoms with Crippen LogP contribution in [0, 0.1) is 6.92 Å². The maximum atomic E-state index is 13.0. The maximum Gasteiger partial charge on any atom is 0.278 e. The van der Waals surface area contributed by atoms with E-state index in [1.54, 1.807) is 18.2 Å². The molecule has 1 aliphatic heterocycles. The van der Waals surface area contributed by atoms with Gasteiger partial charge in [-0.25, -0.2) is 0 Å². The summed E-state index contributed by atoms with van der Waals surface area (Å²) in [7, 11) is 0. The van der Waals surface area contributed by atoms with Crippen molar-refractivity contribution in [3.05, 3.63) is 71.9 Å². The van der Waals surface area contributed by atoms with Crippen LogP contribution in [0.2, 0.25) is 0 Å². The quantitative estimate of drug-likeness (QED) is 0.500. The van der Waals surface area contributed by atoms with Gasteiger partial charge in [-0.05, 0) is 38.5 Å². The number of nitrogens with one attached hydrogen (secondary N) is 1. The van der Waals surface area contributed by atoms with Crippen LogP contribution in [-0.4, -0.2) is 36.5 Å². The first kappa shape index (κ1) is 21.2. The Balaban J connectivity index is 2.04. The number of carbonyl (C=O) groups excluding carboxylic acids is 2. The minimum atomic E-state index is -0.387. The van der Waals surface area contributed by atoms with Gasteiger partial charge in [0.25, 0.3) is 11.8 Å². The monoisotopic (exact) mass is 406 g/mol. The Morgan fingerprint density at radius 1 is 0.967 bits per heavy atom. The van der Waals surface area contributed by atoms with Gasteiger partial charge in [-0.3, -0.25) is 14.5 Å². The van der Waals surface area contributed by atoms with E-state index in [4.69, 9.17) is 9.47 Å². The third-order valence-corrected chi connectivity index (χ3v) is 4.63. The molecule has 1 heterocycles. The van der Waals surface area contributed by atoms with Crippen LogP contribution in [0.5, 0.6) is 11.5 Å². The second-order valence-corrected chi connectivity index (χ2v) is 6.78. The highest BCUT2D eigenvalue weighted by Gasteiger charge is 2.38. The van der Waals surface area contributed by atoms with Gasteiger partial charge in [0.05, 0.1) is 18.8 Å². The van der Waals surface area contributed by atoms with E-state index in [-0.39, 0.29) is 24.1 Å². The van der Waals surface area contributed by atoms with Crippen molar-refractivity contribution >= 4 is 23.1 Å². The zero-order chi connectivity index (χ0) is 21.7. The molecule has 1 aliphatic rings. The topological polar surface area (TPSA) is 67.9 Å². The van der Waals surface area contributed by atoms with Crippen molar-refractivity contribution in [1.82, 2.24) is 4.90 Å². The van der Waals surface area contributed by atoms with Crippen molar-refractivity contribution in [3.63, 3.8) is 0 Å². The molecule has 0 saturated carbocycles. The number of anilines is 1. The average Bonchev–Trinajstić information content (AvgIpc) is 2.96. The van der Waals surface area contributed by atoms with Crippen LogP contribution in [0.15, 0.2) is 60.8 Å². The molecule has 0 unspecified atom stereocenters. The SMILES string of the molecule is C=CCN1C(=O)C(Nc2ccc(OCC)c(OCC)c2)=C(c2ccc(C)cc2)C1=O. The largest absolute Gasteiger partial charge is 0.490 e. The first-order valence-corrected chi connectivity index (χ1v) is 9.95. The summed E-state index contributed by atoms with van der Waals surface area (Å²) in [4.78, 5) is 27.2. The molecule has 0 spiro atoms. The fraction of sp³-hybridized carbons (Fsp3) is 0.250. The normalized spacial score (nSPS) is 13.6. The molecule has 0 radical (unpaired) electrons. The van der Waals surface area contributed by atoms with E-state index in [2.05, 4.69) is 11.9 Å². The van der Waals surface area contributed by atoms with Crippen molar-refractivity contribution in [3.8, 4) is 11.5 Å². The fourth-order valence-electron chi connectivity index (χ4n) is 3.25. The second kappa shape index (κ2) is 9.31. The number of imide groups is 1. The van der Waals surface area contributed by atoms with E-state index in [0.717, 1.165) is 5.56 Å². The molecule has 2 amide bonds. The van der Waals surface area contributed by atoms with Gasteiger partial charge in [0.15, 0.2) is 11.5 Å². The smallest absolute Gasteiger partial charge is 0.278 e. The van der Waals surface area contributed by atoms with Gasteiger partial charge in [0, 0.05) is 18.3 Å². The highest BCUT2D eigenvalue weighted by atomic mass is 16.5. The van der Waals surface area contributed by atoms with Crippen molar-refractivity contribution < 1.29 is 19.1 Å². The van der Waals surface area contributed by atoms with Crippen LogP contribution in [-0.2, 0) is 9.59 Å². The Morgan fingerprint density at radius 2 is 1.63 bits per heavy atom. The Bertz CT molecular complexity index is 993. The molecule has 156 valence electrons. The first-order valence-electron chi connectivity index (χ1n) is 9.95. The molecular formula is C24H26N2O4. The molecule has 6 heteroatoms. The van der Waals surface area contributed by atoms with E-state index >= 15 is 0 Å². The van der Waals surface area contributed by atoms with Crippen molar-refractivity contribution in [2.75, 3.05) is 25.1 Å².